The van der Waals surface area contributed by atoms with E-state index in [-0.39, 0.29) is 31.3 Å². The molecular weight excluding hydrogens is 452 g/mol. The fourth-order valence-electron chi connectivity index (χ4n) is 3.27. The van der Waals surface area contributed by atoms with Crippen LogP contribution in [0.15, 0.2) is 0 Å². The molecule has 1 rings (SSSR count). The Balaban J connectivity index is 2.16. The highest BCUT2D eigenvalue weighted by Crippen LogP contribution is 2.22. The molecule has 198 valence electrons. The summed E-state index contributed by atoms with van der Waals surface area (Å²) < 4.78 is 16.2. The van der Waals surface area contributed by atoms with Crippen molar-refractivity contribution in [3.05, 3.63) is 0 Å². The van der Waals surface area contributed by atoms with Gasteiger partial charge in [-0.3, -0.25) is 14.4 Å². The van der Waals surface area contributed by atoms with Crippen molar-refractivity contribution in [3.63, 3.8) is 0 Å². The van der Waals surface area contributed by atoms with Crippen LogP contribution in [-0.4, -0.2) is 110 Å². The van der Waals surface area contributed by atoms with Gasteiger partial charge in [-0.25, -0.2) is 0 Å². The quantitative estimate of drug-likeness (QED) is 0.103. The molecule has 1 heterocycles. The second kappa shape index (κ2) is 17.5. The maximum atomic E-state index is 11.9. The summed E-state index contributed by atoms with van der Waals surface area (Å²) in [6, 6.07) is -0.988. The first kappa shape index (κ1) is 30.2. The van der Waals surface area contributed by atoms with Gasteiger partial charge in [-0.1, -0.05) is 0 Å². The first-order valence-corrected chi connectivity index (χ1v) is 11.6. The lowest BCUT2D eigenvalue weighted by molar-refractivity contribution is -0.270. The third-order valence-corrected chi connectivity index (χ3v) is 5.06. The zero-order chi connectivity index (χ0) is 25.3. The van der Waals surface area contributed by atoms with Gasteiger partial charge >= 0.3 is 0 Å². The Kier molecular flexibility index (Phi) is 15.6. The van der Waals surface area contributed by atoms with Crippen molar-refractivity contribution in [1.82, 2.24) is 16.0 Å². The summed E-state index contributed by atoms with van der Waals surface area (Å²) in [7, 11) is 0. The summed E-state index contributed by atoms with van der Waals surface area (Å²) in [4.78, 5) is 34.9. The van der Waals surface area contributed by atoms with Gasteiger partial charge in [0.1, 0.15) is 24.4 Å². The summed E-state index contributed by atoms with van der Waals surface area (Å²) in [6.07, 6.45) is -2.59. The fourth-order valence-corrected chi connectivity index (χ4v) is 3.27. The molecule has 13 heteroatoms. The van der Waals surface area contributed by atoms with E-state index in [9.17, 15) is 29.7 Å². The van der Waals surface area contributed by atoms with Gasteiger partial charge in [0.25, 0.3) is 0 Å². The van der Waals surface area contributed by atoms with Gasteiger partial charge in [0, 0.05) is 46.0 Å². The number of carbonyl (C=O) groups is 3. The number of amides is 3. The fraction of sp³-hybridized carbons (Fsp3) is 0.857. The van der Waals surface area contributed by atoms with Crippen LogP contribution in [0.4, 0.5) is 0 Å². The molecule has 0 bridgehead atoms. The molecule has 8 N–H and O–H groups in total. The Morgan fingerprint density at radius 1 is 0.941 bits per heavy atom. The molecule has 1 saturated heterocycles. The smallest absolute Gasteiger partial charge is 0.222 e. The predicted molar refractivity (Wildman–Crippen MR) is 120 cm³/mol. The predicted octanol–water partition coefficient (Wildman–Crippen LogP) is -2.90. The van der Waals surface area contributed by atoms with E-state index in [0.29, 0.717) is 52.1 Å². The summed E-state index contributed by atoms with van der Waals surface area (Å²) in [5.41, 5.74) is 5.29. The normalized spacial score (nSPS) is 24.4. The number of rotatable bonds is 17. The van der Waals surface area contributed by atoms with Crippen LogP contribution in [0.1, 0.15) is 39.0 Å². The Bertz CT molecular complexity index is 611. The number of ether oxygens (including phenoxy) is 3. The number of hydrogen-bond acceptors (Lipinski definition) is 10. The van der Waals surface area contributed by atoms with Crippen molar-refractivity contribution >= 4 is 17.7 Å². The van der Waals surface area contributed by atoms with Gasteiger partial charge in [-0.05, 0) is 19.3 Å². The van der Waals surface area contributed by atoms with E-state index in [0.717, 1.165) is 0 Å². The highest BCUT2D eigenvalue weighted by Gasteiger charge is 2.45. The molecule has 0 aliphatic carbocycles. The van der Waals surface area contributed by atoms with Gasteiger partial charge in [-0.2, -0.15) is 0 Å². The Morgan fingerprint density at radius 2 is 1.62 bits per heavy atom. The molecule has 13 nitrogen and oxygen atoms in total. The molecule has 1 aliphatic rings. The number of nitrogens with one attached hydrogen (secondary N) is 3. The number of hydrogen-bond donors (Lipinski definition) is 7. The van der Waals surface area contributed by atoms with Crippen LogP contribution < -0.4 is 21.7 Å². The van der Waals surface area contributed by atoms with Crippen LogP contribution in [0, 0.1) is 0 Å². The van der Waals surface area contributed by atoms with E-state index >= 15 is 0 Å². The number of nitrogens with two attached hydrogens (primary N) is 1. The molecule has 0 aromatic carbocycles. The summed E-state index contributed by atoms with van der Waals surface area (Å²) in [5, 5.41) is 37.5. The molecule has 0 spiro atoms. The third kappa shape index (κ3) is 12.0. The van der Waals surface area contributed by atoms with Crippen molar-refractivity contribution in [2.75, 3.05) is 46.1 Å². The maximum Gasteiger partial charge on any atom is 0.222 e. The maximum absolute atomic E-state index is 11.9. The van der Waals surface area contributed by atoms with Crippen LogP contribution in [-0.2, 0) is 28.6 Å². The lowest BCUT2D eigenvalue weighted by atomic mass is 9.97. The van der Waals surface area contributed by atoms with Crippen molar-refractivity contribution in [1.29, 1.82) is 0 Å². The highest BCUT2D eigenvalue weighted by atomic mass is 16.7. The molecule has 1 aliphatic heterocycles. The first-order valence-electron chi connectivity index (χ1n) is 11.6. The minimum absolute atomic E-state index is 0.113. The summed E-state index contributed by atoms with van der Waals surface area (Å²) >= 11 is 0. The van der Waals surface area contributed by atoms with E-state index in [4.69, 9.17) is 19.9 Å². The molecule has 3 amide bonds. The van der Waals surface area contributed by atoms with Crippen molar-refractivity contribution in [2.45, 2.75) is 69.7 Å². The third-order valence-electron chi connectivity index (χ3n) is 5.06. The minimum Gasteiger partial charge on any atom is -0.394 e. The average molecular weight is 493 g/mol. The number of aliphatic hydroxyl groups is 3. The topological polar surface area (TPSA) is 202 Å². The Labute approximate surface area is 199 Å². The van der Waals surface area contributed by atoms with E-state index in [2.05, 4.69) is 16.0 Å². The van der Waals surface area contributed by atoms with Crippen molar-refractivity contribution in [2.24, 2.45) is 5.73 Å². The lowest BCUT2D eigenvalue weighted by Gasteiger charge is -2.42. The molecule has 0 unspecified atom stereocenters. The molecule has 1 fully saturated rings. The van der Waals surface area contributed by atoms with Gasteiger partial charge < -0.3 is 51.2 Å². The zero-order valence-electron chi connectivity index (χ0n) is 19.7. The highest BCUT2D eigenvalue weighted by molar-refractivity contribution is 5.76. The minimum atomic E-state index is -1.37. The summed E-state index contributed by atoms with van der Waals surface area (Å²) in [6.45, 7) is 3.01. The number of unbranched alkanes of at least 4 members (excludes halogenated alkanes) is 1. The average Bonchev–Trinajstić information content (AvgIpc) is 2.80. The molecular formula is C21H40N4O9. The lowest BCUT2D eigenvalue weighted by Crippen LogP contribution is -2.64. The van der Waals surface area contributed by atoms with Gasteiger partial charge in [0.2, 0.25) is 17.7 Å². The van der Waals surface area contributed by atoms with E-state index in [1.165, 1.54) is 6.92 Å². The second-order valence-electron chi connectivity index (χ2n) is 7.97. The van der Waals surface area contributed by atoms with Crippen LogP contribution in [0.2, 0.25) is 0 Å². The van der Waals surface area contributed by atoms with E-state index < -0.39 is 43.2 Å². The number of aliphatic hydroxyl groups excluding tert-OH is 3. The molecule has 0 radical (unpaired) electrons. The Hall–Kier alpha value is -1.87. The van der Waals surface area contributed by atoms with E-state index in [1.807, 2.05) is 0 Å². The first-order chi connectivity index (χ1) is 16.3. The Morgan fingerprint density at radius 3 is 2.24 bits per heavy atom. The molecule has 0 saturated carbocycles. The van der Waals surface area contributed by atoms with Crippen LogP contribution in [0.25, 0.3) is 0 Å². The van der Waals surface area contributed by atoms with Crippen LogP contribution in [0.5, 0.6) is 0 Å². The van der Waals surface area contributed by atoms with E-state index in [1.54, 1.807) is 0 Å². The largest absolute Gasteiger partial charge is 0.394 e. The molecule has 0 aromatic rings. The monoisotopic (exact) mass is 492 g/mol. The van der Waals surface area contributed by atoms with Crippen LogP contribution in [0.3, 0.4) is 0 Å². The van der Waals surface area contributed by atoms with Crippen molar-refractivity contribution in [3.8, 4) is 0 Å². The zero-order valence-corrected chi connectivity index (χ0v) is 19.7. The number of carbonyl (C=O) groups excluding carboxylic acids is 3. The van der Waals surface area contributed by atoms with Crippen molar-refractivity contribution < 1.29 is 43.9 Å². The summed E-state index contributed by atoms with van der Waals surface area (Å²) in [5.74, 6) is -0.660. The van der Waals surface area contributed by atoms with Gasteiger partial charge in [0.05, 0.1) is 19.8 Å². The van der Waals surface area contributed by atoms with Gasteiger partial charge in [0.15, 0.2) is 6.29 Å². The molecule has 0 aromatic heterocycles. The van der Waals surface area contributed by atoms with Gasteiger partial charge in [-0.15, -0.1) is 0 Å². The SMILES string of the molecule is CC(=O)N[C@H]1[C@H](OCCCCC(=O)NCCCNC(=O)CCOCCN)O[C@H](CO)[C@H](O)[C@@H]1O. The molecule has 34 heavy (non-hydrogen) atoms. The second-order valence-corrected chi connectivity index (χ2v) is 7.97. The standard InChI is InChI=1S/C21H40N4O9/c1-14(27)25-18-20(31)19(30)15(13-26)34-21(18)33-10-3-2-5-16(28)23-8-4-9-24-17(29)6-11-32-12-7-22/h15,18-21,26,30-31H,2-13,22H2,1H3,(H,23,28)(H,24,29)(H,25,27)/t15-,18-,19+,20-,21-/m1/s1. The molecule has 5 atom stereocenters. The van der Waals surface area contributed by atoms with Crippen LogP contribution >= 0.6 is 0 Å².